The molecule has 3 aromatic rings. The molecule has 0 N–H and O–H groups in total. The van der Waals surface area contributed by atoms with E-state index in [0.717, 1.165) is 44.0 Å². The Morgan fingerprint density at radius 1 is 1.19 bits per heavy atom. The third-order valence-corrected chi connectivity index (χ3v) is 7.95. The van der Waals surface area contributed by atoms with Gasteiger partial charge in [-0.1, -0.05) is 23.5 Å². The zero-order valence-electron chi connectivity index (χ0n) is 15.0. The number of rotatable bonds is 5. The maximum atomic E-state index is 13.4. The lowest BCUT2D eigenvalue weighted by Gasteiger charge is -2.27. The van der Waals surface area contributed by atoms with Crippen LogP contribution < -0.4 is 9.64 Å². The molecule has 1 fully saturated rings. The van der Waals surface area contributed by atoms with Crippen LogP contribution in [0.2, 0.25) is 0 Å². The summed E-state index contributed by atoms with van der Waals surface area (Å²) >= 11 is 5.15. The van der Waals surface area contributed by atoms with Gasteiger partial charge in [0.05, 0.1) is 27.8 Å². The highest BCUT2D eigenvalue weighted by Crippen LogP contribution is 2.37. The summed E-state index contributed by atoms with van der Waals surface area (Å²) in [4.78, 5) is 19.9. The smallest absolute Gasteiger partial charge is 0.247 e. The first kappa shape index (κ1) is 18.7. The van der Waals surface area contributed by atoms with Crippen LogP contribution in [-0.2, 0) is 4.79 Å². The molecular formula is C20H20N2O2S3. The largest absolute Gasteiger partial charge is 0.494 e. The standard InChI is InChI=1S/C20H20N2O2S3/c1-2-24-15-9-7-14(8-10-15)22(19(23)18-13-25-11-12-26-18)20-21-16-5-3-4-6-17(16)27-20/h3-10,18H,2,11-13H2,1H3/t18-/m0/s1. The molecule has 4 rings (SSSR count). The Morgan fingerprint density at radius 3 is 2.70 bits per heavy atom. The minimum Gasteiger partial charge on any atom is -0.494 e. The number of anilines is 2. The van der Waals surface area contributed by atoms with E-state index < -0.39 is 0 Å². The van der Waals surface area contributed by atoms with Crippen molar-refractivity contribution in [2.24, 2.45) is 0 Å². The van der Waals surface area contributed by atoms with Crippen molar-refractivity contribution in [3.05, 3.63) is 48.5 Å². The number of hydrogen-bond acceptors (Lipinski definition) is 6. The number of aromatic nitrogens is 1. The molecule has 1 amide bonds. The number of carbonyl (C=O) groups excluding carboxylic acids is 1. The molecule has 1 saturated heterocycles. The van der Waals surface area contributed by atoms with Crippen molar-refractivity contribution in [3.8, 4) is 5.75 Å². The Bertz CT molecular complexity index is 887. The monoisotopic (exact) mass is 416 g/mol. The Labute approximate surface area is 171 Å². The van der Waals surface area contributed by atoms with Gasteiger partial charge in [0.15, 0.2) is 5.13 Å². The number of hydrogen-bond donors (Lipinski definition) is 0. The van der Waals surface area contributed by atoms with Gasteiger partial charge in [0.2, 0.25) is 5.91 Å². The highest BCUT2D eigenvalue weighted by atomic mass is 32.2. The molecular weight excluding hydrogens is 396 g/mol. The molecule has 27 heavy (non-hydrogen) atoms. The quantitative estimate of drug-likeness (QED) is 0.571. The van der Waals surface area contributed by atoms with Crippen molar-refractivity contribution in [3.63, 3.8) is 0 Å². The molecule has 0 spiro atoms. The van der Waals surface area contributed by atoms with E-state index in [4.69, 9.17) is 9.72 Å². The van der Waals surface area contributed by atoms with Crippen LogP contribution in [0.1, 0.15) is 6.92 Å². The number of ether oxygens (including phenoxy) is 1. The first-order valence-corrected chi connectivity index (χ1v) is 11.9. The third-order valence-electron chi connectivity index (χ3n) is 4.19. The number of thioether (sulfide) groups is 2. The minimum atomic E-state index is -0.0395. The van der Waals surface area contributed by atoms with E-state index in [9.17, 15) is 4.79 Å². The van der Waals surface area contributed by atoms with Gasteiger partial charge in [-0.3, -0.25) is 9.69 Å². The average Bonchev–Trinajstić information content (AvgIpc) is 3.14. The average molecular weight is 417 g/mol. The summed E-state index contributed by atoms with van der Waals surface area (Å²) in [6.45, 7) is 2.58. The number of carbonyl (C=O) groups is 1. The first-order chi connectivity index (χ1) is 13.3. The SMILES string of the molecule is CCOc1ccc(N(C(=O)[C@@H]2CSCCS2)c2nc3ccccc3s2)cc1. The second-order valence-electron chi connectivity index (χ2n) is 6.00. The molecule has 1 aliphatic rings. The number of para-hydroxylation sites is 1. The topological polar surface area (TPSA) is 42.4 Å². The van der Waals surface area contributed by atoms with E-state index >= 15 is 0 Å². The fraction of sp³-hybridized carbons (Fsp3) is 0.300. The van der Waals surface area contributed by atoms with E-state index in [-0.39, 0.29) is 11.2 Å². The Hall–Kier alpha value is -1.70. The number of benzene rings is 2. The summed E-state index contributed by atoms with van der Waals surface area (Å²) in [7, 11) is 0. The molecule has 0 bridgehead atoms. The molecule has 0 aliphatic carbocycles. The van der Waals surface area contributed by atoms with Gasteiger partial charge in [0, 0.05) is 17.3 Å². The van der Waals surface area contributed by atoms with Crippen molar-refractivity contribution in [2.45, 2.75) is 12.2 Å². The lowest BCUT2D eigenvalue weighted by molar-refractivity contribution is -0.117. The summed E-state index contributed by atoms with van der Waals surface area (Å²) in [6, 6.07) is 15.7. The molecule has 1 atom stereocenters. The fourth-order valence-corrected chi connectivity index (χ4v) is 6.50. The van der Waals surface area contributed by atoms with Crippen LogP contribution in [0.25, 0.3) is 10.2 Å². The van der Waals surface area contributed by atoms with Crippen LogP contribution in [0.5, 0.6) is 5.75 Å². The van der Waals surface area contributed by atoms with Crippen molar-refractivity contribution in [2.75, 3.05) is 28.8 Å². The predicted octanol–water partition coefficient (Wildman–Crippen LogP) is 5.21. The molecule has 0 radical (unpaired) electrons. The van der Waals surface area contributed by atoms with Crippen molar-refractivity contribution >= 4 is 61.8 Å². The van der Waals surface area contributed by atoms with Gasteiger partial charge in [0.25, 0.3) is 0 Å². The zero-order valence-corrected chi connectivity index (χ0v) is 17.4. The van der Waals surface area contributed by atoms with Crippen molar-refractivity contribution in [1.29, 1.82) is 0 Å². The van der Waals surface area contributed by atoms with Gasteiger partial charge in [-0.05, 0) is 43.3 Å². The molecule has 1 aliphatic heterocycles. The van der Waals surface area contributed by atoms with E-state index in [2.05, 4.69) is 0 Å². The predicted molar refractivity (Wildman–Crippen MR) is 118 cm³/mol. The van der Waals surface area contributed by atoms with Crippen LogP contribution in [0.3, 0.4) is 0 Å². The fourth-order valence-electron chi connectivity index (χ4n) is 2.92. The van der Waals surface area contributed by atoms with Crippen LogP contribution in [0.4, 0.5) is 10.8 Å². The number of thiazole rings is 1. The lowest BCUT2D eigenvalue weighted by atomic mass is 10.2. The van der Waals surface area contributed by atoms with Gasteiger partial charge in [-0.15, -0.1) is 11.8 Å². The third kappa shape index (κ3) is 4.10. The highest BCUT2D eigenvalue weighted by molar-refractivity contribution is 8.07. The lowest BCUT2D eigenvalue weighted by Crippen LogP contribution is -2.37. The molecule has 7 heteroatoms. The maximum Gasteiger partial charge on any atom is 0.247 e. The Kier molecular flexibility index (Phi) is 5.90. The first-order valence-electron chi connectivity index (χ1n) is 8.88. The van der Waals surface area contributed by atoms with E-state index in [1.165, 1.54) is 0 Å². The van der Waals surface area contributed by atoms with Gasteiger partial charge in [-0.25, -0.2) is 4.98 Å². The molecule has 0 saturated carbocycles. The van der Waals surface area contributed by atoms with E-state index in [1.54, 1.807) is 28.0 Å². The Balaban J connectivity index is 1.72. The Morgan fingerprint density at radius 2 is 2.00 bits per heavy atom. The zero-order chi connectivity index (χ0) is 18.6. The van der Waals surface area contributed by atoms with Gasteiger partial charge in [-0.2, -0.15) is 11.8 Å². The normalized spacial score (nSPS) is 17.0. The number of fused-ring (bicyclic) bond motifs is 1. The minimum absolute atomic E-state index is 0.0395. The molecule has 2 heterocycles. The second kappa shape index (κ2) is 8.54. The number of amides is 1. The van der Waals surface area contributed by atoms with Crippen LogP contribution in [0, 0.1) is 0 Å². The van der Waals surface area contributed by atoms with Crippen LogP contribution >= 0.6 is 34.9 Å². The highest BCUT2D eigenvalue weighted by Gasteiger charge is 2.30. The summed E-state index contributed by atoms with van der Waals surface area (Å²) in [6.07, 6.45) is 0. The molecule has 4 nitrogen and oxygen atoms in total. The van der Waals surface area contributed by atoms with E-state index in [0.29, 0.717) is 6.61 Å². The summed E-state index contributed by atoms with van der Waals surface area (Å²) in [5.74, 6) is 3.88. The summed E-state index contributed by atoms with van der Waals surface area (Å²) < 4.78 is 6.63. The summed E-state index contributed by atoms with van der Waals surface area (Å²) in [5, 5.41) is 0.684. The van der Waals surface area contributed by atoms with Gasteiger partial charge >= 0.3 is 0 Å². The van der Waals surface area contributed by atoms with Gasteiger partial charge in [0.1, 0.15) is 5.75 Å². The summed E-state index contributed by atoms with van der Waals surface area (Å²) in [5.41, 5.74) is 1.76. The number of nitrogens with zero attached hydrogens (tertiary/aromatic N) is 2. The molecule has 140 valence electrons. The van der Waals surface area contributed by atoms with Gasteiger partial charge < -0.3 is 4.74 Å². The molecule has 2 aromatic carbocycles. The van der Waals surface area contributed by atoms with Crippen LogP contribution in [-0.4, -0.2) is 40.0 Å². The van der Waals surface area contributed by atoms with Crippen molar-refractivity contribution < 1.29 is 9.53 Å². The maximum absolute atomic E-state index is 13.4. The second-order valence-corrected chi connectivity index (χ2v) is 9.47. The van der Waals surface area contributed by atoms with Crippen LogP contribution in [0.15, 0.2) is 48.5 Å². The molecule has 1 aromatic heterocycles. The van der Waals surface area contributed by atoms with E-state index in [1.807, 2.05) is 67.2 Å². The molecule has 0 unspecified atom stereocenters. The van der Waals surface area contributed by atoms with Crippen molar-refractivity contribution in [1.82, 2.24) is 4.98 Å².